The summed E-state index contributed by atoms with van der Waals surface area (Å²) in [5.41, 5.74) is 2.15. The van der Waals surface area contributed by atoms with Crippen molar-refractivity contribution in [1.82, 2.24) is 9.21 Å². The summed E-state index contributed by atoms with van der Waals surface area (Å²) < 4.78 is 33.2. The van der Waals surface area contributed by atoms with Crippen LogP contribution in [0.2, 0.25) is 0 Å². The summed E-state index contributed by atoms with van der Waals surface area (Å²) in [4.78, 5) is 14.8. The van der Waals surface area contributed by atoms with Crippen LogP contribution in [0.3, 0.4) is 0 Å². The Bertz CT molecular complexity index is 969. The van der Waals surface area contributed by atoms with Gasteiger partial charge in [-0.25, -0.2) is 8.42 Å². The number of amides is 1. The lowest BCUT2D eigenvalue weighted by atomic mass is 10.0. The molecule has 2 aliphatic rings. The van der Waals surface area contributed by atoms with Gasteiger partial charge < -0.3 is 9.64 Å². The topological polar surface area (TPSA) is 66.9 Å². The van der Waals surface area contributed by atoms with Crippen molar-refractivity contribution < 1.29 is 17.9 Å². The molecular formula is C22H26N2O4S. The minimum absolute atomic E-state index is 0.0699. The van der Waals surface area contributed by atoms with E-state index < -0.39 is 16.1 Å². The Morgan fingerprint density at radius 3 is 2.28 bits per heavy atom. The highest BCUT2D eigenvalue weighted by Gasteiger charge is 2.36. The SMILES string of the molecule is CC(C)c1ccc(S(=O)(=O)N2CCN(C(=O)[C@@H]3Cc4ccccc4O3)CC2)cc1. The lowest BCUT2D eigenvalue weighted by molar-refractivity contribution is -0.139. The van der Waals surface area contributed by atoms with Crippen LogP contribution >= 0.6 is 0 Å². The van der Waals surface area contributed by atoms with Crippen LogP contribution in [-0.4, -0.2) is 55.8 Å². The molecule has 0 N–H and O–H groups in total. The van der Waals surface area contributed by atoms with Crippen LogP contribution in [0.15, 0.2) is 53.4 Å². The molecule has 29 heavy (non-hydrogen) atoms. The van der Waals surface area contributed by atoms with Crippen molar-refractivity contribution >= 4 is 15.9 Å². The number of sulfonamides is 1. The molecule has 4 rings (SSSR count). The van der Waals surface area contributed by atoms with E-state index in [2.05, 4.69) is 13.8 Å². The number of carbonyl (C=O) groups excluding carboxylic acids is 1. The molecule has 0 spiro atoms. The lowest BCUT2D eigenvalue weighted by Crippen LogP contribution is -2.53. The fourth-order valence-corrected chi connectivity index (χ4v) is 5.27. The quantitative estimate of drug-likeness (QED) is 0.771. The van der Waals surface area contributed by atoms with Gasteiger partial charge in [0.25, 0.3) is 5.91 Å². The number of fused-ring (bicyclic) bond motifs is 1. The van der Waals surface area contributed by atoms with Crippen molar-refractivity contribution in [2.45, 2.75) is 37.2 Å². The van der Waals surface area contributed by atoms with Gasteiger partial charge in [-0.15, -0.1) is 0 Å². The standard InChI is InChI=1S/C22H26N2O4S/c1-16(2)17-7-9-19(10-8-17)29(26,27)24-13-11-23(12-14-24)22(25)21-15-18-5-3-4-6-20(18)28-21/h3-10,16,21H,11-15H2,1-2H3/t21-/m0/s1. The van der Waals surface area contributed by atoms with Gasteiger partial charge in [-0.1, -0.05) is 44.2 Å². The van der Waals surface area contributed by atoms with Crippen molar-refractivity contribution in [3.8, 4) is 5.75 Å². The zero-order chi connectivity index (χ0) is 20.6. The molecule has 0 unspecified atom stereocenters. The lowest BCUT2D eigenvalue weighted by Gasteiger charge is -2.35. The number of hydrogen-bond acceptors (Lipinski definition) is 4. The van der Waals surface area contributed by atoms with Crippen molar-refractivity contribution in [3.63, 3.8) is 0 Å². The van der Waals surface area contributed by atoms with Gasteiger partial charge >= 0.3 is 0 Å². The molecule has 2 aromatic carbocycles. The average Bonchev–Trinajstić information content (AvgIpc) is 3.17. The summed E-state index contributed by atoms with van der Waals surface area (Å²) >= 11 is 0. The minimum Gasteiger partial charge on any atom is -0.480 e. The Kier molecular flexibility index (Phi) is 5.36. The molecular weight excluding hydrogens is 388 g/mol. The summed E-state index contributed by atoms with van der Waals surface area (Å²) in [6, 6.07) is 14.8. The monoisotopic (exact) mass is 414 g/mol. The largest absolute Gasteiger partial charge is 0.480 e. The number of piperazine rings is 1. The van der Waals surface area contributed by atoms with E-state index in [1.807, 2.05) is 36.4 Å². The van der Waals surface area contributed by atoms with E-state index in [4.69, 9.17) is 4.74 Å². The number of benzene rings is 2. The molecule has 0 aromatic heterocycles. The van der Waals surface area contributed by atoms with E-state index in [-0.39, 0.29) is 5.91 Å². The minimum atomic E-state index is -3.55. The Morgan fingerprint density at radius 2 is 1.66 bits per heavy atom. The van der Waals surface area contributed by atoms with Gasteiger partial charge in [-0.05, 0) is 35.2 Å². The number of ether oxygens (including phenoxy) is 1. The third-order valence-corrected chi connectivity index (χ3v) is 7.57. The van der Waals surface area contributed by atoms with Gasteiger partial charge in [-0.2, -0.15) is 4.31 Å². The van der Waals surface area contributed by atoms with E-state index in [1.54, 1.807) is 17.0 Å². The second-order valence-electron chi connectivity index (χ2n) is 7.87. The van der Waals surface area contributed by atoms with Crippen molar-refractivity contribution in [1.29, 1.82) is 0 Å². The van der Waals surface area contributed by atoms with Crippen molar-refractivity contribution in [2.24, 2.45) is 0 Å². The zero-order valence-corrected chi connectivity index (χ0v) is 17.6. The summed E-state index contributed by atoms with van der Waals surface area (Å²) in [6.45, 7) is 5.48. The van der Waals surface area contributed by atoms with Gasteiger partial charge in [0.2, 0.25) is 10.0 Å². The molecule has 1 saturated heterocycles. The van der Waals surface area contributed by atoms with Crippen LogP contribution in [0.4, 0.5) is 0 Å². The van der Waals surface area contributed by atoms with Gasteiger partial charge in [-0.3, -0.25) is 4.79 Å². The molecule has 0 bridgehead atoms. The maximum absolute atomic E-state index is 12.9. The maximum atomic E-state index is 12.9. The predicted octanol–water partition coefficient (Wildman–Crippen LogP) is 2.65. The first kappa shape index (κ1) is 19.9. The van der Waals surface area contributed by atoms with E-state index in [9.17, 15) is 13.2 Å². The zero-order valence-electron chi connectivity index (χ0n) is 16.7. The number of nitrogens with zero attached hydrogens (tertiary/aromatic N) is 2. The summed E-state index contributed by atoms with van der Waals surface area (Å²) in [7, 11) is -3.55. The molecule has 0 radical (unpaired) electrons. The molecule has 1 fully saturated rings. The van der Waals surface area contributed by atoms with E-state index in [0.717, 1.165) is 16.9 Å². The Labute approximate surface area is 172 Å². The van der Waals surface area contributed by atoms with Crippen molar-refractivity contribution in [2.75, 3.05) is 26.2 Å². The number of hydrogen-bond donors (Lipinski definition) is 0. The Morgan fingerprint density at radius 1 is 1.00 bits per heavy atom. The van der Waals surface area contributed by atoms with Crippen molar-refractivity contribution in [3.05, 3.63) is 59.7 Å². The van der Waals surface area contributed by atoms with E-state index >= 15 is 0 Å². The van der Waals surface area contributed by atoms with Crippen LogP contribution in [0.5, 0.6) is 5.75 Å². The molecule has 154 valence electrons. The third-order valence-electron chi connectivity index (χ3n) is 5.66. The van der Waals surface area contributed by atoms with E-state index in [1.165, 1.54) is 4.31 Å². The van der Waals surface area contributed by atoms with Crippen LogP contribution in [0.1, 0.15) is 30.9 Å². The highest BCUT2D eigenvalue weighted by molar-refractivity contribution is 7.89. The molecule has 2 aliphatic heterocycles. The molecule has 2 aromatic rings. The number of rotatable bonds is 4. The summed E-state index contributed by atoms with van der Waals surface area (Å²) in [5, 5.41) is 0. The second-order valence-corrected chi connectivity index (χ2v) is 9.81. The Balaban J connectivity index is 1.38. The van der Waals surface area contributed by atoms with Crippen LogP contribution < -0.4 is 4.74 Å². The number of carbonyl (C=O) groups is 1. The molecule has 6 nitrogen and oxygen atoms in total. The van der Waals surface area contributed by atoms with Gasteiger partial charge in [0.15, 0.2) is 6.10 Å². The Hall–Kier alpha value is -2.38. The summed E-state index contributed by atoms with van der Waals surface area (Å²) in [5.74, 6) is 1.04. The molecule has 1 atom stereocenters. The average molecular weight is 415 g/mol. The first-order chi connectivity index (χ1) is 13.9. The normalized spacial score (nSPS) is 19.8. The van der Waals surface area contributed by atoms with Crippen LogP contribution in [0, 0.1) is 0 Å². The molecule has 0 saturated carbocycles. The van der Waals surface area contributed by atoms with E-state index in [0.29, 0.717) is 43.4 Å². The summed E-state index contributed by atoms with van der Waals surface area (Å²) in [6.07, 6.45) is 0.0505. The molecule has 0 aliphatic carbocycles. The molecule has 1 amide bonds. The molecule has 7 heteroatoms. The highest BCUT2D eigenvalue weighted by Crippen LogP contribution is 2.29. The van der Waals surface area contributed by atoms with Crippen LogP contribution in [0.25, 0.3) is 0 Å². The fourth-order valence-electron chi connectivity index (χ4n) is 3.85. The van der Waals surface area contributed by atoms with Gasteiger partial charge in [0, 0.05) is 32.6 Å². The van der Waals surface area contributed by atoms with Crippen LogP contribution in [-0.2, 0) is 21.2 Å². The second kappa shape index (κ2) is 7.80. The van der Waals surface area contributed by atoms with Gasteiger partial charge in [0.1, 0.15) is 5.75 Å². The number of para-hydroxylation sites is 1. The first-order valence-corrected chi connectivity index (χ1v) is 11.4. The third kappa shape index (κ3) is 3.89. The first-order valence-electron chi connectivity index (χ1n) is 10.00. The highest BCUT2D eigenvalue weighted by atomic mass is 32.2. The predicted molar refractivity (Wildman–Crippen MR) is 110 cm³/mol. The fraction of sp³-hybridized carbons (Fsp3) is 0.409. The maximum Gasteiger partial charge on any atom is 0.264 e. The smallest absolute Gasteiger partial charge is 0.264 e. The molecule has 2 heterocycles. The van der Waals surface area contributed by atoms with Gasteiger partial charge in [0.05, 0.1) is 4.90 Å².